The van der Waals surface area contributed by atoms with Gasteiger partial charge in [0.2, 0.25) is 0 Å². The average Bonchev–Trinajstić information content (AvgIpc) is 3.08. The van der Waals surface area contributed by atoms with Crippen molar-refractivity contribution in [1.82, 2.24) is 9.36 Å². The predicted molar refractivity (Wildman–Crippen MR) is 112 cm³/mol. The van der Waals surface area contributed by atoms with E-state index in [1.807, 2.05) is 18.2 Å². The van der Waals surface area contributed by atoms with E-state index in [0.29, 0.717) is 34.0 Å². The highest BCUT2D eigenvalue weighted by molar-refractivity contribution is 5.98. The lowest BCUT2D eigenvalue weighted by Crippen LogP contribution is -2.32. The number of aromatic nitrogens is 2. The second-order valence-electron chi connectivity index (χ2n) is 7.19. The molecule has 0 aliphatic rings. The topological polar surface area (TPSA) is 95.5 Å². The van der Waals surface area contributed by atoms with Crippen LogP contribution in [0.4, 0.5) is 5.69 Å². The molecule has 2 heterocycles. The standard InChI is InChI=1S/C22H25N3O5/c1-12-14(3)29-15(4)18(12)22(28)30-16(5)20(26)23-19-13(2)24(6)25(21(19)27)17-10-8-7-9-11-17/h7-11,16H,1-6H3,(H,23,26)/t16-/m0/s1. The van der Waals surface area contributed by atoms with Gasteiger partial charge in [-0.05, 0) is 46.8 Å². The van der Waals surface area contributed by atoms with Crippen molar-refractivity contribution in [2.24, 2.45) is 7.05 Å². The summed E-state index contributed by atoms with van der Waals surface area (Å²) in [6.45, 7) is 8.37. The van der Waals surface area contributed by atoms with E-state index < -0.39 is 18.0 Å². The van der Waals surface area contributed by atoms with Crippen LogP contribution in [0.25, 0.3) is 5.69 Å². The first-order valence-corrected chi connectivity index (χ1v) is 9.56. The molecule has 8 nitrogen and oxygen atoms in total. The van der Waals surface area contributed by atoms with E-state index >= 15 is 0 Å². The second kappa shape index (κ2) is 8.06. The van der Waals surface area contributed by atoms with Gasteiger partial charge in [0, 0.05) is 12.6 Å². The highest BCUT2D eigenvalue weighted by Crippen LogP contribution is 2.22. The van der Waals surface area contributed by atoms with Crippen molar-refractivity contribution in [3.05, 3.63) is 69.0 Å². The lowest BCUT2D eigenvalue weighted by molar-refractivity contribution is -0.123. The van der Waals surface area contributed by atoms with E-state index in [-0.39, 0.29) is 11.2 Å². The van der Waals surface area contributed by atoms with Gasteiger partial charge in [-0.15, -0.1) is 0 Å². The van der Waals surface area contributed by atoms with Crippen LogP contribution in [-0.2, 0) is 16.6 Å². The van der Waals surface area contributed by atoms with Gasteiger partial charge >= 0.3 is 5.97 Å². The molecule has 0 unspecified atom stereocenters. The van der Waals surface area contributed by atoms with Crippen LogP contribution in [-0.4, -0.2) is 27.3 Å². The zero-order valence-corrected chi connectivity index (χ0v) is 17.9. The Labute approximate surface area is 174 Å². The van der Waals surface area contributed by atoms with Crippen LogP contribution in [0.3, 0.4) is 0 Å². The van der Waals surface area contributed by atoms with Crippen LogP contribution < -0.4 is 10.9 Å². The van der Waals surface area contributed by atoms with Crippen molar-refractivity contribution < 1.29 is 18.7 Å². The molecule has 0 aliphatic heterocycles. The SMILES string of the molecule is Cc1oc(C)c(C(=O)O[C@@H](C)C(=O)Nc2c(C)n(C)n(-c3ccccc3)c2=O)c1C. The van der Waals surface area contributed by atoms with Crippen LogP contribution in [0.5, 0.6) is 0 Å². The number of amides is 1. The summed E-state index contributed by atoms with van der Waals surface area (Å²) >= 11 is 0. The van der Waals surface area contributed by atoms with Gasteiger partial charge in [-0.2, -0.15) is 0 Å². The van der Waals surface area contributed by atoms with E-state index in [0.717, 1.165) is 0 Å². The Morgan fingerprint density at radius 2 is 1.70 bits per heavy atom. The fraction of sp³-hybridized carbons (Fsp3) is 0.318. The minimum Gasteiger partial charge on any atom is -0.465 e. The van der Waals surface area contributed by atoms with Crippen molar-refractivity contribution >= 4 is 17.6 Å². The first kappa shape index (κ1) is 21.2. The monoisotopic (exact) mass is 411 g/mol. The number of hydrogen-bond acceptors (Lipinski definition) is 5. The molecule has 0 saturated carbocycles. The number of ether oxygens (including phenoxy) is 1. The first-order chi connectivity index (χ1) is 14.1. The number of carbonyl (C=O) groups is 2. The van der Waals surface area contributed by atoms with Crippen LogP contribution in [0.2, 0.25) is 0 Å². The molecule has 0 saturated heterocycles. The number of anilines is 1. The Kier molecular flexibility index (Phi) is 5.69. The smallest absolute Gasteiger partial charge is 0.342 e. The third-order valence-electron chi connectivity index (χ3n) is 5.22. The molecule has 158 valence electrons. The lowest BCUT2D eigenvalue weighted by atomic mass is 10.1. The molecule has 0 bridgehead atoms. The fourth-order valence-corrected chi connectivity index (χ4v) is 3.30. The van der Waals surface area contributed by atoms with Gasteiger partial charge in [-0.1, -0.05) is 18.2 Å². The van der Waals surface area contributed by atoms with Crippen LogP contribution in [0.15, 0.2) is 39.5 Å². The minimum atomic E-state index is -1.10. The summed E-state index contributed by atoms with van der Waals surface area (Å²) in [5, 5.41) is 2.61. The summed E-state index contributed by atoms with van der Waals surface area (Å²) in [6.07, 6.45) is -1.10. The highest BCUT2D eigenvalue weighted by atomic mass is 16.5. The van der Waals surface area contributed by atoms with Crippen LogP contribution >= 0.6 is 0 Å². The number of hydrogen-bond donors (Lipinski definition) is 1. The van der Waals surface area contributed by atoms with Gasteiger partial charge in [0.05, 0.1) is 11.4 Å². The van der Waals surface area contributed by atoms with E-state index in [4.69, 9.17) is 9.15 Å². The van der Waals surface area contributed by atoms with Gasteiger partial charge in [-0.3, -0.25) is 14.3 Å². The molecule has 1 N–H and O–H groups in total. The van der Waals surface area contributed by atoms with Gasteiger partial charge < -0.3 is 14.5 Å². The molecule has 0 aliphatic carbocycles. The van der Waals surface area contributed by atoms with Gasteiger partial charge in [0.15, 0.2) is 6.10 Å². The number of esters is 1. The zero-order valence-electron chi connectivity index (χ0n) is 17.9. The third-order valence-corrected chi connectivity index (χ3v) is 5.22. The van der Waals surface area contributed by atoms with E-state index in [9.17, 15) is 14.4 Å². The molecular weight excluding hydrogens is 386 g/mol. The van der Waals surface area contributed by atoms with E-state index in [1.54, 1.807) is 51.6 Å². The van der Waals surface area contributed by atoms with Gasteiger partial charge in [0.1, 0.15) is 22.8 Å². The molecule has 0 spiro atoms. The molecule has 1 aromatic carbocycles. The zero-order chi connectivity index (χ0) is 22.2. The summed E-state index contributed by atoms with van der Waals surface area (Å²) in [7, 11) is 1.73. The quantitative estimate of drug-likeness (QED) is 0.651. The molecule has 8 heteroatoms. The number of nitrogens with zero attached hydrogens (tertiary/aromatic N) is 2. The maximum atomic E-state index is 12.9. The van der Waals surface area contributed by atoms with Crippen LogP contribution in [0, 0.1) is 27.7 Å². The molecule has 0 radical (unpaired) electrons. The largest absolute Gasteiger partial charge is 0.465 e. The first-order valence-electron chi connectivity index (χ1n) is 9.56. The number of furan rings is 1. The number of aryl methyl sites for hydroxylation is 2. The molecule has 1 atom stereocenters. The van der Waals surface area contributed by atoms with Crippen molar-refractivity contribution in [2.45, 2.75) is 40.7 Å². The molecule has 1 amide bonds. The molecule has 30 heavy (non-hydrogen) atoms. The summed E-state index contributed by atoms with van der Waals surface area (Å²) in [4.78, 5) is 38.1. The fourth-order valence-electron chi connectivity index (χ4n) is 3.30. The second-order valence-corrected chi connectivity index (χ2v) is 7.19. The molecule has 0 fully saturated rings. The molecule has 3 rings (SSSR count). The summed E-state index contributed by atoms with van der Waals surface area (Å²) < 4.78 is 13.9. The van der Waals surface area contributed by atoms with Gasteiger partial charge in [0.25, 0.3) is 11.5 Å². The predicted octanol–water partition coefficient (Wildman–Crippen LogP) is 3.19. The average molecular weight is 411 g/mol. The lowest BCUT2D eigenvalue weighted by Gasteiger charge is -2.13. The Balaban J connectivity index is 1.81. The molecule has 2 aromatic heterocycles. The normalized spacial score (nSPS) is 11.9. The van der Waals surface area contributed by atoms with E-state index in [2.05, 4.69) is 5.32 Å². The summed E-state index contributed by atoms with van der Waals surface area (Å²) in [5.41, 5.74) is 2.01. The molecule has 3 aromatic rings. The van der Waals surface area contributed by atoms with Crippen molar-refractivity contribution in [1.29, 1.82) is 0 Å². The highest BCUT2D eigenvalue weighted by Gasteiger charge is 2.26. The number of rotatable bonds is 5. The minimum absolute atomic E-state index is 0.140. The number of para-hydroxylation sites is 1. The molecular formula is C22H25N3O5. The number of benzene rings is 1. The number of carbonyl (C=O) groups excluding carboxylic acids is 2. The van der Waals surface area contributed by atoms with Gasteiger partial charge in [-0.25, -0.2) is 9.48 Å². The third kappa shape index (κ3) is 3.68. The van der Waals surface area contributed by atoms with E-state index in [1.165, 1.54) is 11.6 Å². The maximum Gasteiger partial charge on any atom is 0.342 e. The number of nitrogens with one attached hydrogen (secondary N) is 1. The Morgan fingerprint density at radius 1 is 1.07 bits per heavy atom. The Morgan fingerprint density at radius 3 is 2.27 bits per heavy atom. The summed E-state index contributed by atoms with van der Waals surface area (Å²) in [6, 6.07) is 9.10. The van der Waals surface area contributed by atoms with Crippen molar-refractivity contribution in [3.8, 4) is 5.69 Å². The summed E-state index contributed by atoms with van der Waals surface area (Å²) in [5.74, 6) is -0.175. The van der Waals surface area contributed by atoms with Crippen molar-refractivity contribution in [2.75, 3.05) is 5.32 Å². The van der Waals surface area contributed by atoms with Crippen LogP contribution in [0.1, 0.15) is 40.1 Å². The Bertz CT molecular complexity index is 1170. The maximum absolute atomic E-state index is 12.9. The Hall–Kier alpha value is -3.55. The van der Waals surface area contributed by atoms with Crippen molar-refractivity contribution in [3.63, 3.8) is 0 Å².